The van der Waals surface area contributed by atoms with Crippen molar-refractivity contribution in [2.24, 2.45) is 0 Å². The van der Waals surface area contributed by atoms with Crippen LogP contribution in [0.3, 0.4) is 0 Å². The minimum Gasteiger partial charge on any atom is -0.314 e. The van der Waals surface area contributed by atoms with Gasteiger partial charge in [-0.2, -0.15) is 5.10 Å². The normalized spacial score (nSPS) is 23.8. The van der Waals surface area contributed by atoms with E-state index in [9.17, 15) is 22.4 Å². The molecule has 2 N–H and O–H groups in total. The van der Waals surface area contributed by atoms with Gasteiger partial charge in [0.25, 0.3) is 0 Å². The summed E-state index contributed by atoms with van der Waals surface area (Å²) >= 11 is 0. The molecule has 2 aliphatic rings. The Morgan fingerprint density at radius 2 is 2.03 bits per heavy atom. The molecule has 1 amide bonds. The van der Waals surface area contributed by atoms with Crippen LogP contribution in [0.25, 0.3) is 22.3 Å². The average Bonchev–Trinajstić information content (AvgIpc) is 3.11. The van der Waals surface area contributed by atoms with Gasteiger partial charge in [-0.1, -0.05) is 0 Å². The number of alkyl halides is 3. The third-order valence-electron chi connectivity index (χ3n) is 5.80. The highest BCUT2D eigenvalue weighted by Gasteiger charge is 2.37. The number of hydrogen-bond acceptors (Lipinski definition) is 5. The van der Waals surface area contributed by atoms with E-state index in [1.54, 1.807) is 0 Å². The molecule has 4 heterocycles. The molecule has 2 aromatic heterocycles. The van der Waals surface area contributed by atoms with Crippen molar-refractivity contribution in [3.63, 3.8) is 0 Å². The topological polar surface area (TPSA) is 84.7 Å². The van der Waals surface area contributed by atoms with E-state index in [-0.39, 0.29) is 29.3 Å². The predicted molar refractivity (Wildman–Crippen MR) is 104 cm³/mol. The number of aromatic nitrogens is 4. The van der Waals surface area contributed by atoms with Crippen molar-refractivity contribution >= 4 is 22.6 Å². The van der Waals surface area contributed by atoms with Crippen LogP contribution < -0.4 is 10.6 Å². The minimum absolute atomic E-state index is 0.0177. The third-order valence-corrected chi connectivity index (χ3v) is 5.80. The second-order valence-electron chi connectivity index (χ2n) is 7.71. The number of carbonyl (C=O) groups excluding carboxylic acids is 1. The zero-order valence-electron chi connectivity index (χ0n) is 16.2. The number of amides is 1. The molecule has 2 aliphatic heterocycles. The zero-order chi connectivity index (χ0) is 21.7. The van der Waals surface area contributed by atoms with E-state index in [1.165, 1.54) is 22.9 Å². The quantitative estimate of drug-likeness (QED) is 0.619. The lowest BCUT2D eigenvalue weighted by Gasteiger charge is -2.27. The molecule has 1 saturated heterocycles. The Hall–Kier alpha value is -3.08. The van der Waals surface area contributed by atoms with E-state index in [1.807, 2.05) is 0 Å². The molecule has 31 heavy (non-hydrogen) atoms. The fourth-order valence-corrected chi connectivity index (χ4v) is 4.36. The Morgan fingerprint density at radius 3 is 2.81 bits per heavy atom. The summed E-state index contributed by atoms with van der Waals surface area (Å²) in [5, 5.41) is 10.3. The number of piperidine rings is 1. The first-order valence-electron chi connectivity index (χ1n) is 9.90. The second kappa shape index (κ2) is 7.56. The molecule has 3 atom stereocenters. The van der Waals surface area contributed by atoms with Gasteiger partial charge >= 0.3 is 0 Å². The van der Waals surface area contributed by atoms with Crippen molar-refractivity contribution in [3.8, 4) is 11.4 Å². The maximum atomic E-state index is 14.7. The van der Waals surface area contributed by atoms with Gasteiger partial charge in [0.1, 0.15) is 35.5 Å². The standard InChI is InChI=1S/C20H18F4N6O/c21-9-1-2-13-10(5-9)17(29-30(13)14-3-4-25-7-12(14)22)18-16-11(19(23)24)6-15(31)28-20(16)27-8-26-18/h1-2,5,8,11-12,14,19,25H,3-4,6-7H2,(H,26,27,28,31)/t11?,12-,14+/m1/s1. The average molecular weight is 434 g/mol. The number of halogens is 4. The number of benzene rings is 1. The van der Waals surface area contributed by atoms with Crippen LogP contribution in [0.5, 0.6) is 0 Å². The first-order chi connectivity index (χ1) is 14.9. The molecule has 3 aromatic rings. The third kappa shape index (κ3) is 3.32. The number of carbonyl (C=O) groups is 1. The van der Waals surface area contributed by atoms with Crippen LogP contribution in [0, 0.1) is 5.82 Å². The van der Waals surface area contributed by atoms with Crippen LogP contribution in [0.1, 0.15) is 30.4 Å². The Balaban J connectivity index is 1.74. The van der Waals surface area contributed by atoms with Gasteiger partial charge in [-0.25, -0.2) is 27.5 Å². The molecule has 162 valence electrons. The van der Waals surface area contributed by atoms with Crippen LogP contribution in [-0.2, 0) is 4.79 Å². The molecule has 1 fully saturated rings. The van der Waals surface area contributed by atoms with E-state index in [0.29, 0.717) is 23.9 Å². The fourth-order valence-electron chi connectivity index (χ4n) is 4.36. The Labute approximate surface area is 173 Å². The number of fused-ring (bicyclic) bond motifs is 2. The highest BCUT2D eigenvalue weighted by atomic mass is 19.3. The summed E-state index contributed by atoms with van der Waals surface area (Å²) in [6, 6.07) is 3.38. The molecule has 0 saturated carbocycles. The van der Waals surface area contributed by atoms with E-state index >= 15 is 0 Å². The molecule has 1 unspecified atom stereocenters. The largest absolute Gasteiger partial charge is 0.314 e. The van der Waals surface area contributed by atoms with Crippen LogP contribution in [-0.4, -0.2) is 51.3 Å². The van der Waals surface area contributed by atoms with Gasteiger partial charge in [-0.15, -0.1) is 0 Å². The maximum Gasteiger partial charge on any atom is 0.246 e. The summed E-state index contributed by atoms with van der Waals surface area (Å²) in [6.07, 6.45) is -2.89. The van der Waals surface area contributed by atoms with Gasteiger partial charge in [-0.05, 0) is 31.2 Å². The zero-order valence-corrected chi connectivity index (χ0v) is 16.2. The Kier molecular flexibility index (Phi) is 4.84. The van der Waals surface area contributed by atoms with Crippen LogP contribution >= 0.6 is 0 Å². The van der Waals surface area contributed by atoms with Crippen LogP contribution in [0.15, 0.2) is 24.5 Å². The van der Waals surface area contributed by atoms with E-state index in [2.05, 4.69) is 25.7 Å². The molecule has 7 nitrogen and oxygen atoms in total. The van der Waals surface area contributed by atoms with E-state index in [0.717, 1.165) is 6.33 Å². The van der Waals surface area contributed by atoms with Gasteiger partial charge < -0.3 is 10.6 Å². The molecular formula is C20H18F4N6O. The molecule has 0 spiro atoms. The van der Waals surface area contributed by atoms with Gasteiger partial charge in [-0.3, -0.25) is 9.48 Å². The predicted octanol–water partition coefficient (Wildman–Crippen LogP) is 3.20. The van der Waals surface area contributed by atoms with Crippen molar-refractivity contribution in [1.82, 2.24) is 25.1 Å². The smallest absolute Gasteiger partial charge is 0.246 e. The van der Waals surface area contributed by atoms with Gasteiger partial charge in [0.2, 0.25) is 12.3 Å². The molecule has 5 rings (SSSR count). The van der Waals surface area contributed by atoms with Crippen molar-refractivity contribution in [2.75, 3.05) is 18.4 Å². The summed E-state index contributed by atoms with van der Waals surface area (Å²) in [4.78, 5) is 20.0. The SMILES string of the molecule is O=C1CC(C(F)F)c2c(ncnc2-c2nn([C@H]3CCNC[C@H]3F)c3ccc(F)cc23)N1. The number of rotatable bonds is 3. The number of nitrogens with one attached hydrogen (secondary N) is 2. The lowest BCUT2D eigenvalue weighted by atomic mass is 9.90. The van der Waals surface area contributed by atoms with Crippen LogP contribution in [0.2, 0.25) is 0 Å². The number of hydrogen-bond donors (Lipinski definition) is 2. The summed E-state index contributed by atoms with van der Waals surface area (Å²) < 4.78 is 57.9. The monoisotopic (exact) mass is 434 g/mol. The first kappa shape index (κ1) is 19.9. The van der Waals surface area contributed by atoms with Crippen molar-refractivity contribution in [3.05, 3.63) is 35.9 Å². The maximum absolute atomic E-state index is 14.7. The summed E-state index contributed by atoms with van der Waals surface area (Å²) in [6.45, 7) is 0.746. The van der Waals surface area contributed by atoms with Crippen molar-refractivity contribution in [2.45, 2.75) is 37.4 Å². The van der Waals surface area contributed by atoms with E-state index < -0.39 is 42.7 Å². The Bertz CT molecular complexity index is 1170. The Morgan fingerprint density at radius 1 is 1.19 bits per heavy atom. The molecule has 0 bridgehead atoms. The van der Waals surface area contributed by atoms with Gasteiger partial charge in [0, 0.05) is 23.9 Å². The molecule has 0 radical (unpaired) electrons. The van der Waals surface area contributed by atoms with Gasteiger partial charge in [0.05, 0.1) is 17.5 Å². The summed E-state index contributed by atoms with van der Waals surface area (Å²) in [7, 11) is 0. The van der Waals surface area contributed by atoms with Crippen molar-refractivity contribution < 1.29 is 22.4 Å². The lowest BCUT2D eigenvalue weighted by Crippen LogP contribution is -2.39. The highest BCUT2D eigenvalue weighted by Crippen LogP contribution is 2.42. The van der Waals surface area contributed by atoms with Crippen molar-refractivity contribution in [1.29, 1.82) is 0 Å². The molecule has 1 aromatic carbocycles. The number of anilines is 1. The molecule has 11 heteroatoms. The van der Waals surface area contributed by atoms with E-state index in [4.69, 9.17) is 0 Å². The minimum atomic E-state index is -2.83. The highest BCUT2D eigenvalue weighted by molar-refractivity contribution is 5.98. The number of nitrogens with zero attached hydrogens (tertiary/aromatic N) is 4. The first-order valence-corrected chi connectivity index (χ1v) is 9.90. The van der Waals surface area contributed by atoms with Gasteiger partial charge in [0.15, 0.2) is 0 Å². The lowest BCUT2D eigenvalue weighted by molar-refractivity contribution is -0.117. The summed E-state index contributed by atoms with van der Waals surface area (Å²) in [5.74, 6) is -2.56. The second-order valence-corrected chi connectivity index (χ2v) is 7.71. The molecular weight excluding hydrogens is 416 g/mol. The molecule has 0 aliphatic carbocycles. The van der Waals surface area contributed by atoms with Crippen LogP contribution in [0.4, 0.5) is 23.4 Å². The summed E-state index contributed by atoms with van der Waals surface area (Å²) in [5.41, 5.74) is 0.761. The fraction of sp³-hybridized carbons (Fsp3) is 0.400.